The highest BCUT2D eigenvalue weighted by atomic mass is 32.2. The molecule has 1 aromatic carbocycles. The van der Waals surface area contributed by atoms with Crippen molar-refractivity contribution in [2.75, 3.05) is 43.5 Å². The molecule has 1 aliphatic heterocycles. The molecule has 0 aliphatic carbocycles. The second-order valence-electron chi connectivity index (χ2n) is 6.80. The zero-order valence-electron chi connectivity index (χ0n) is 16.8. The Morgan fingerprint density at radius 1 is 1.00 bits per heavy atom. The fraction of sp³-hybridized carbons (Fsp3) is 0.250. The molecule has 0 radical (unpaired) electrons. The van der Waals surface area contributed by atoms with Gasteiger partial charge in [0.05, 0.1) is 12.0 Å². The van der Waals surface area contributed by atoms with Crippen molar-refractivity contribution < 1.29 is 17.5 Å². The number of halogens is 1. The summed E-state index contributed by atoms with van der Waals surface area (Å²) in [6.45, 7) is 1.40. The van der Waals surface area contributed by atoms with E-state index in [4.69, 9.17) is 4.74 Å². The summed E-state index contributed by atoms with van der Waals surface area (Å²) in [7, 11) is -2.47. The van der Waals surface area contributed by atoms with Gasteiger partial charge in [-0.25, -0.2) is 17.8 Å². The molecule has 1 fully saturated rings. The molecule has 2 aromatic heterocycles. The molecule has 3 aromatic rings. The Labute approximate surface area is 179 Å². The maximum Gasteiger partial charge on any atom is 0.243 e. The summed E-state index contributed by atoms with van der Waals surface area (Å²) in [4.78, 5) is 6.04. The Morgan fingerprint density at radius 3 is 2.42 bits per heavy atom. The third-order valence-corrected chi connectivity index (χ3v) is 6.79. The number of ether oxygens (including phenoxy) is 1. The minimum atomic E-state index is -3.80. The second kappa shape index (κ2) is 8.82. The Bertz CT molecular complexity index is 1140. The van der Waals surface area contributed by atoms with Gasteiger partial charge in [0.1, 0.15) is 5.82 Å². The molecule has 0 amide bonds. The first-order valence-electron chi connectivity index (χ1n) is 9.58. The highest BCUT2D eigenvalue weighted by Crippen LogP contribution is 2.25. The van der Waals surface area contributed by atoms with Gasteiger partial charge < -0.3 is 15.0 Å². The van der Waals surface area contributed by atoms with E-state index in [1.165, 1.54) is 23.5 Å². The largest absolute Gasteiger partial charge is 0.494 e. The van der Waals surface area contributed by atoms with Crippen LogP contribution in [0.2, 0.25) is 0 Å². The first-order valence-corrected chi connectivity index (χ1v) is 11.0. The first kappa shape index (κ1) is 20.9. The standard InChI is InChI=1S/C20H21FN6O3S/c1-30-17-6-5-15(14-16(17)21)31(28,29)27-12-10-26(11-13-27)20-8-7-19(24-25-20)23-18-4-2-3-9-22-18/h2-9,14H,10-13H2,1H3,(H,22,23,24). The van der Waals surface area contributed by atoms with Gasteiger partial charge in [-0.2, -0.15) is 4.31 Å². The molecule has 0 atom stereocenters. The van der Waals surface area contributed by atoms with Gasteiger partial charge in [0.2, 0.25) is 10.0 Å². The molecular formula is C20H21FN6O3S. The molecule has 0 saturated carbocycles. The molecule has 1 N–H and O–H groups in total. The van der Waals surface area contributed by atoms with Gasteiger partial charge in [-0.3, -0.25) is 0 Å². The van der Waals surface area contributed by atoms with Crippen molar-refractivity contribution in [3.63, 3.8) is 0 Å². The number of nitrogens with one attached hydrogen (secondary N) is 1. The number of pyridine rings is 1. The fourth-order valence-corrected chi connectivity index (χ4v) is 4.68. The number of anilines is 3. The molecule has 0 bridgehead atoms. The number of piperazine rings is 1. The number of rotatable bonds is 6. The molecule has 9 nitrogen and oxygen atoms in total. The highest BCUT2D eigenvalue weighted by Gasteiger charge is 2.29. The summed E-state index contributed by atoms with van der Waals surface area (Å²) < 4.78 is 45.9. The monoisotopic (exact) mass is 444 g/mol. The van der Waals surface area contributed by atoms with Gasteiger partial charge in [0.25, 0.3) is 0 Å². The normalized spacial score (nSPS) is 15.0. The zero-order valence-corrected chi connectivity index (χ0v) is 17.6. The van der Waals surface area contributed by atoms with Crippen LogP contribution in [0.5, 0.6) is 5.75 Å². The van der Waals surface area contributed by atoms with E-state index in [0.717, 1.165) is 6.07 Å². The number of hydrogen-bond donors (Lipinski definition) is 1. The summed E-state index contributed by atoms with van der Waals surface area (Å²) in [5.41, 5.74) is 0. The quantitative estimate of drug-likeness (QED) is 0.618. The van der Waals surface area contributed by atoms with Gasteiger partial charge in [-0.1, -0.05) is 6.07 Å². The van der Waals surface area contributed by atoms with Crippen molar-refractivity contribution in [2.45, 2.75) is 4.90 Å². The number of benzene rings is 1. The van der Waals surface area contributed by atoms with Crippen LogP contribution in [-0.2, 0) is 10.0 Å². The van der Waals surface area contributed by atoms with Crippen LogP contribution >= 0.6 is 0 Å². The number of hydrogen-bond acceptors (Lipinski definition) is 8. The van der Waals surface area contributed by atoms with Gasteiger partial charge in [0.15, 0.2) is 23.2 Å². The van der Waals surface area contributed by atoms with E-state index >= 15 is 0 Å². The minimum Gasteiger partial charge on any atom is -0.494 e. The van der Waals surface area contributed by atoms with E-state index in [1.54, 1.807) is 12.3 Å². The van der Waals surface area contributed by atoms with Crippen molar-refractivity contribution in [2.24, 2.45) is 0 Å². The van der Waals surface area contributed by atoms with Crippen molar-refractivity contribution >= 4 is 27.5 Å². The highest BCUT2D eigenvalue weighted by molar-refractivity contribution is 7.89. The van der Waals surface area contributed by atoms with Crippen LogP contribution in [0, 0.1) is 5.82 Å². The van der Waals surface area contributed by atoms with Crippen LogP contribution < -0.4 is 15.0 Å². The van der Waals surface area contributed by atoms with Crippen LogP contribution in [0.25, 0.3) is 0 Å². The van der Waals surface area contributed by atoms with Crippen molar-refractivity contribution in [1.82, 2.24) is 19.5 Å². The van der Waals surface area contributed by atoms with Crippen molar-refractivity contribution in [1.29, 1.82) is 0 Å². The zero-order chi connectivity index (χ0) is 21.8. The maximum absolute atomic E-state index is 14.0. The summed E-state index contributed by atoms with van der Waals surface area (Å²) in [6.07, 6.45) is 1.68. The second-order valence-corrected chi connectivity index (χ2v) is 8.74. The van der Waals surface area contributed by atoms with Crippen LogP contribution in [0.15, 0.2) is 59.6 Å². The molecule has 0 unspecified atom stereocenters. The van der Waals surface area contributed by atoms with E-state index < -0.39 is 15.8 Å². The van der Waals surface area contributed by atoms with Crippen LogP contribution in [0.3, 0.4) is 0 Å². The lowest BCUT2D eigenvalue weighted by atomic mass is 10.3. The summed E-state index contributed by atoms with van der Waals surface area (Å²) in [6, 6.07) is 12.8. The van der Waals surface area contributed by atoms with Gasteiger partial charge in [0, 0.05) is 32.4 Å². The molecule has 3 heterocycles. The van der Waals surface area contributed by atoms with E-state index in [2.05, 4.69) is 20.5 Å². The Morgan fingerprint density at radius 2 is 1.81 bits per heavy atom. The van der Waals surface area contributed by atoms with Gasteiger partial charge in [-0.15, -0.1) is 10.2 Å². The molecule has 162 valence electrons. The molecule has 4 rings (SSSR count). The predicted molar refractivity (Wildman–Crippen MR) is 113 cm³/mol. The average Bonchev–Trinajstić information content (AvgIpc) is 2.80. The molecule has 1 saturated heterocycles. The SMILES string of the molecule is COc1ccc(S(=O)(=O)N2CCN(c3ccc(Nc4ccccn4)nn3)CC2)cc1F. The fourth-order valence-electron chi connectivity index (χ4n) is 3.24. The van der Waals surface area contributed by atoms with E-state index in [9.17, 15) is 12.8 Å². The van der Waals surface area contributed by atoms with Crippen molar-refractivity contribution in [3.8, 4) is 5.75 Å². The molecule has 1 aliphatic rings. The molecule has 31 heavy (non-hydrogen) atoms. The topological polar surface area (TPSA) is 101 Å². The van der Waals surface area contributed by atoms with Gasteiger partial charge in [-0.05, 0) is 42.5 Å². The third-order valence-electron chi connectivity index (χ3n) is 4.90. The Hall–Kier alpha value is -3.31. The van der Waals surface area contributed by atoms with E-state index in [-0.39, 0.29) is 23.7 Å². The number of aromatic nitrogens is 3. The number of nitrogens with zero attached hydrogens (tertiary/aromatic N) is 5. The average molecular weight is 444 g/mol. The predicted octanol–water partition coefficient (Wildman–Crippen LogP) is 2.27. The Balaban J connectivity index is 1.39. The van der Waals surface area contributed by atoms with Gasteiger partial charge >= 0.3 is 0 Å². The van der Waals surface area contributed by atoms with Crippen LogP contribution in [0.4, 0.5) is 21.8 Å². The molecule has 11 heteroatoms. The van der Waals surface area contributed by atoms with Crippen LogP contribution in [0.1, 0.15) is 0 Å². The van der Waals surface area contributed by atoms with E-state index in [1.807, 2.05) is 29.2 Å². The van der Waals surface area contributed by atoms with Crippen LogP contribution in [-0.4, -0.2) is 61.2 Å². The lowest BCUT2D eigenvalue weighted by Gasteiger charge is -2.34. The molecule has 0 spiro atoms. The summed E-state index contributed by atoms with van der Waals surface area (Å²) >= 11 is 0. The number of sulfonamides is 1. The Kier molecular flexibility index (Phi) is 5.96. The lowest BCUT2D eigenvalue weighted by Crippen LogP contribution is -2.49. The van der Waals surface area contributed by atoms with E-state index in [0.29, 0.717) is 30.5 Å². The minimum absolute atomic E-state index is 0.00308. The summed E-state index contributed by atoms with van der Waals surface area (Å²) in [5.74, 6) is 1.17. The van der Waals surface area contributed by atoms with Crippen molar-refractivity contribution in [3.05, 3.63) is 60.5 Å². The summed E-state index contributed by atoms with van der Waals surface area (Å²) in [5, 5.41) is 11.5. The number of methoxy groups -OCH3 is 1. The molecular weight excluding hydrogens is 423 g/mol. The lowest BCUT2D eigenvalue weighted by molar-refractivity contribution is 0.379. The first-order chi connectivity index (χ1) is 15.0. The third kappa shape index (κ3) is 4.57. The maximum atomic E-state index is 14.0. The smallest absolute Gasteiger partial charge is 0.243 e.